The molecule has 31 heavy (non-hydrogen) atoms. The Morgan fingerprint density at radius 2 is 2.06 bits per heavy atom. The highest BCUT2D eigenvalue weighted by Gasteiger charge is 2.29. The summed E-state index contributed by atoms with van der Waals surface area (Å²) in [6.45, 7) is 1.28. The van der Waals surface area contributed by atoms with E-state index in [1.807, 2.05) is 28.5 Å². The zero-order chi connectivity index (χ0) is 21.4. The average Bonchev–Trinajstić information content (AvgIpc) is 3.54. The molecule has 0 bridgehead atoms. The molecule has 158 valence electrons. The predicted octanol–water partition coefficient (Wildman–Crippen LogP) is 4.83. The number of piperidine rings is 1. The Balaban J connectivity index is 1.34. The van der Waals surface area contributed by atoms with E-state index in [0.29, 0.717) is 29.4 Å². The second-order valence-electron chi connectivity index (χ2n) is 7.53. The van der Waals surface area contributed by atoms with Crippen molar-refractivity contribution in [1.29, 1.82) is 0 Å². The van der Waals surface area contributed by atoms with Crippen LogP contribution in [0.3, 0.4) is 0 Å². The molecule has 3 aromatic heterocycles. The number of thiophene rings is 1. The van der Waals surface area contributed by atoms with E-state index in [1.165, 1.54) is 17.4 Å². The topological polar surface area (TPSA) is 63.9 Å². The van der Waals surface area contributed by atoms with Gasteiger partial charge in [-0.15, -0.1) is 21.5 Å². The van der Waals surface area contributed by atoms with Gasteiger partial charge >= 0.3 is 0 Å². The summed E-state index contributed by atoms with van der Waals surface area (Å²) < 4.78 is 15.8. The van der Waals surface area contributed by atoms with Crippen molar-refractivity contribution in [1.82, 2.24) is 24.9 Å². The number of rotatable bonds is 4. The number of aromatic nitrogens is 4. The summed E-state index contributed by atoms with van der Waals surface area (Å²) in [6, 6.07) is 12.4. The van der Waals surface area contributed by atoms with Gasteiger partial charge in [0.2, 0.25) is 0 Å². The van der Waals surface area contributed by atoms with Crippen molar-refractivity contribution in [2.45, 2.75) is 18.8 Å². The molecule has 1 fully saturated rings. The summed E-state index contributed by atoms with van der Waals surface area (Å²) >= 11 is 3.01. The Hall–Kier alpha value is -2.91. The molecule has 1 aromatic carbocycles. The monoisotopic (exact) mass is 453 g/mol. The standard InChI is InChI=1S/C22H20FN5OS2/c1-27-18(12-17(26-27)19-9-5-11-30-19)22(29)28-10-4-6-14(13-28)20-24-25-21(31-20)15-7-2-3-8-16(15)23/h2-3,5,7-9,11-12,14H,4,6,10,13H2,1H3/t14-/m1/s1. The van der Waals surface area contributed by atoms with Crippen molar-refractivity contribution in [2.24, 2.45) is 7.05 Å². The van der Waals surface area contributed by atoms with Gasteiger partial charge in [-0.1, -0.05) is 29.5 Å². The average molecular weight is 454 g/mol. The number of carbonyl (C=O) groups excluding carboxylic acids is 1. The van der Waals surface area contributed by atoms with Crippen molar-refractivity contribution in [2.75, 3.05) is 13.1 Å². The maximum absolute atomic E-state index is 14.1. The van der Waals surface area contributed by atoms with Gasteiger partial charge < -0.3 is 4.90 Å². The number of carbonyl (C=O) groups is 1. The quantitative estimate of drug-likeness (QED) is 0.444. The molecule has 0 N–H and O–H groups in total. The highest BCUT2D eigenvalue weighted by atomic mass is 32.1. The molecule has 9 heteroatoms. The second-order valence-corrected chi connectivity index (χ2v) is 9.49. The molecule has 1 saturated heterocycles. The third kappa shape index (κ3) is 3.90. The van der Waals surface area contributed by atoms with E-state index in [4.69, 9.17) is 0 Å². The normalized spacial score (nSPS) is 16.6. The minimum atomic E-state index is -0.302. The summed E-state index contributed by atoms with van der Waals surface area (Å²) in [4.78, 5) is 16.1. The van der Waals surface area contributed by atoms with Crippen LogP contribution in [-0.4, -0.2) is 43.9 Å². The second kappa shape index (κ2) is 8.32. The fourth-order valence-electron chi connectivity index (χ4n) is 3.88. The van der Waals surface area contributed by atoms with Crippen LogP contribution in [0.1, 0.15) is 34.3 Å². The maximum atomic E-state index is 14.1. The molecule has 6 nitrogen and oxygen atoms in total. The van der Waals surface area contributed by atoms with Crippen LogP contribution in [0.15, 0.2) is 47.8 Å². The molecular weight excluding hydrogens is 433 g/mol. The molecule has 0 aliphatic carbocycles. The summed E-state index contributed by atoms with van der Waals surface area (Å²) in [7, 11) is 1.80. The summed E-state index contributed by atoms with van der Waals surface area (Å²) in [5.74, 6) is -0.231. The van der Waals surface area contributed by atoms with Crippen LogP contribution in [0.2, 0.25) is 0 Å². The van der Waals surface area contributed by atoms with Crippen LogP contribution in [0.25, 0.3) is 21.1 Å². The summed E-state index contributed by atoms with van der Waals surface area (Å²) in [6.07, 6.45) is 1.82. The van der Waals surface area contributed by atoms with E-state index in [1.54, 1.807) is 41.3 Å². The zero-order valence-corrected chi connectivity index (χ0v) is 18.5. The largest absolute Gasteiger partial charge is 0.337 e. The van der Waals surface area contributed by atoms with Gasteiger partial charge in [-0.05, 0) is 42.5 Å². The predicted molar refractivity (Wildman–Crippen MR) is 120 cm³/mol. The van der Waals surface area contributed by atoms with Crippen molar-refractivity contribution in [3.05, 3.63) is 64.4 Å². The molecule has 0 spiro atoms. The van der Waals surface area contributed by atoms with E-state index in [-0.39, 0.29) is 17.6 Å². The van der Waals surface area contributed by atoms with E-state index in [2.05, 4.69) is 15.3 Å². The first-order valence-corrected chi connectivity index (χ1v) is 11.8. The van der Waals surface area contributed by atoms with E-state index < -0.39 is 0 Å². The Labute approximate surface area is 187 Å². The molecule has 4 heterocycles. The maximum Gasteiger partial charge on any atom is 0.272 e. The van der Waals surface area contributed by atoms with Gasteiger partial charge in [-0.2, -0.15) is 5.10 Å². The van der Waals surface area contributed by atoms with E-state index in [9.17, 15) is 9.18 Å². The van der Waals surface area contributed by atoms with Crippen LogP contribution in [-0.2, 0) is 7.05 Å². The number of hydrogen-bond donors (Lipinski definition) is 0. The molecule has 4 aromatic rings. The van der Waals surface area contributed by atoms with Gasteiger partial charge in [-0.3, -0.25) is 9.48 Å². The van der Waals surface area contributed by atoms with E-state index in [0.717, 1.165) is 28.4 Å². The third-order valence-corrected chi connectivity index (χ3v) is 7.49. The Morgan fingerprint density at radius 3 is 2.87 bits per heavy atom. The van der Waals surface area contributed by atoms with Crippen LogP contribution in [0.4, 0.5) is 4.39 Å². The molecule has 0 unspecified atom stereocenters. The number of aryl methyl sites for hydroxylation is 1. The highest BCUT2D eigenvalue weighted by Crippen LogP contribution is 2.34. The van der Waals surface area contributed by atoms with Gasteiger partial charge in [0.15, 0.2) is 5.01 Å². The molecule has 1 aliphatic rings. The lowest BCUT2D eigenvalue weighted by molar-refractivity contribution is 0.0695. The Morgan fingerprint density at radius 1 is 1.19 bits per heavy atom. The van der Waals surface area contributed by atoms with Crippen molar-refractivity contribution >= 4 is 28.6 Å². The molecular formula is C22H20FN5OS2. The smallest absolute Gasteiger partial charge is 0.272 e. The molecule has 0 saturated carbocycles. The van der Waals surface area contributed by atoms with Crippen molar-refractivity contribution in [3.63, 3.8) is 0 Å². The van der Waals surface area contributed by atoms with Gasteiger partial charge in [0.25, 0.3) is 5.91 Å². The van der Waals surface area contributed by atoms with Gasteiger partial charge in [0, 0.05) is 31.6 Å². The molecule has 0 radical (unpaired) electrons. The third-order valence-electron chi connectivity index (χ3n) is 5.48. The SMILES string of the molecule is Cn1nc(-c2cccs2)cc1C(=O)N1CCC[C@@H](c2nnc(-c3ccccc3F)s2)C1. The number of nitrogens with zero attached hydrogens (tertiary/aromatic N) is 5. The lowest BCUT2D eigenvalue weighted by Crippen LogP contribution is -2.39. The molecule has 5 rings (SSSR count). The highest BCUT2D eigenvalue weighted by molar-refractivity contribution is 7.14. The number of likely N-dealkylation sites (tertiary alicyclic amines) is 1. The summed E-state index contributed by atoms with van der Waals surface area (Å²) in [5.41, 5.74) is 1.85. The first kappa shape index (κ1) is 20.0. The van der Waals surface area contributed by atoms with Gasteiger partial charge in [0.05, 0.1) is 4.88 Å². The zero-order valence-electron chi connectivity index (χ0n) is 16.9. The number of benzene rings is 1. The van der Waals surface area contributed by atoms with Crippen LogP contribution in [0, 0.1) is 5.82 Å². The lowest BCUT2D eigenvalue weighted by atomic mass is 9.98. The van der Waals surface area contributed by atoms with Gasteiger partial charge in [0.1, 0.15) is 22.2 Å². The van der Waals surface area contributed by atoms with Crippen LogP contribution >= 0.6 is 22.7 Å². The fourth-order valence-corrected chi connectivity index (χ4v) is 5.56. The Bertz CT molecular complexity index is 1220. The lowest BCUT2D eigenvalue weighted by Gasteiger charge is -2.31. The first-order valence-electron chi connectivity index (χ1n) is 10.1. The minimum Gasteiger partial charge on any atom is -0.337 e. The van der Waals surface area contributed by atoms with Gasteiger partial charge in [-0.25, -0.2) is 4.39 Å². The minimum absolute atomic E-state index is 0.0265. The number of amides is 1. The summed E-state index contributed by atoms with van der Waals surface area (Å²) in [5, 5.41) is 16.5. The van der Waals surface area contributed by atoms with Crippen molar-refractivity contribution < 1.29 is 9.18 Å². The number of halogens is 1. The number of hydrogen-bond acceptors (Lipinski definition) is 6. The first-order chi connectivity index (χ1) is 15.1. The van der Waals surface area contributed by atoms with Crippen molar-refractivity contribution in [3.8, 4) is 21.1 Å². The fraction of sp³-hybridized carbons (Fsp3) is 0.273. The molecule has 1 amide bonds. The molecule has 1 aliphatic heterocycles. The van der Waals surface area contributed by atoms with Crippen LogP contribution in [0.5, 0.6) is 0 Å². The van der Waals surface area contributed by atoms with E-state index >= 15 is 0 Å². The molecule has 1 atom stereocenters. The Kier molecular flexibility index (Phi) is 5.37. The van der Waals surface area contributed by atoms with Crippen LogP contribution < -0.4 is 0 Å².